The molecule has 1 fully saturated rings. The quantitative estimate of drug-likeness (QED) is 0.357. The lowest BCUT2D eigenvalue weighted by Crippen LogP contribution is -2.31. The van der Waals surface area contributed by atoms with Crippen LogP contribution in [0.1, 0.15) is 23.6 Å². The molecule has 1 unspecified atom stereocenters. The Bertz CT molecular complexity index is 865. The Kier molecular flexibility index (Phi) is 5.88. The molecule has 1 saturated heterocycles. The van der Waals surface area contributed by atoms with E-state index < -0.39 is 17.7 Å². The van der Waals surface area contributed by atoms with E-state index in [4.69, 9.17) is 16.3 Å². The summed E-state index contributed by atoms with van der Waals surface area (Å²) in [5.74, 6) is -1.56. The third-order valence-electron chi connectivity index (χ3n) is 4.43. The molecule has 1 atom stereocenters. The number of likely N-dealkylation sites (tertiary alicyclic amines) is 1. The normalized spacial score (nSPS) is 18.9. The SMILES string of the molecule is COCCCN1C(=O)C(=O)/C(=C(/O)c2ccncc2)C1c1ccc(Cl)cc1. The number of aliphatic hydroxyl groups excluding tert-OH is 1. The van der Waals surface area contributed by atoms with Gasteiger partial charge in [-0.1, -0.05) is 23.7 Å². The van der Waals surface area contributed by atoms with Gasteiger partial charge in [-0.25, -0.2) is 0 Å². The number of pyridine rings is 1. The van der Waals surface area contributed by atoms with Gasteiger partial charge in [0.05, 0.1) is 11.6 Å². The maximum atomic E-state index is 12.7. The van der Waals surface area contributed by atoms with E-state index in [9.17, 15) is 14.7 Å². The van der Waals surface area contributed by atoms with Crippen molar-refractivity contribution < 1.29 is 19.4 Å². The molecule has 0 saturated carbocycles. The zero-order valence-corrected chi connectivity index (χ0v) is 15.5. The number of ether oxygens (including phenoxy) is 1. The van der Waals surface area contributed by atoms with Gasteiger partial charge in [0.25, 0.3) is 11.7 Å². The maximum Gasteiger partial charge on any atom is 0.295 e. The highest BCUT2D eigenvalue weighted by atomic mass is 35.5. The average molecular weight is 387 g/mol. The van der Waals surface area contributed by atoms with Crippen LogP contribution in [-0.4, -0.2) is 46.9 Å². The fraction of sp³-hybridized carbons (Fsp3) is 0.250. The number of rotatable bonds is 6. The number of halogens is 1. The number of benzene rings is 1. The number of hydrogen-bond acceptors (Lipinski definition) is 5. The summed E-state index contributed by atoms with van der Waals surface area (Å²) in [5, 5.41) is 11.3. The van der Waals surface area contributed by atoms with E-state index >= 15 is 0 Å². The summed E-state index contributed by atoms with van der Waals surface area (Å²) in [6.45, 7) is 0.791. The molecule has 1 aromatic carbocycles. The number of Topliss-reactive ketones (excluding diaryl/α,β-unsaturated/α-hetero) is 1. The fourth-order valence-corrected chi connectivity index (χ4v) is 3.27. The molecule has 140 valence electrons. The van der Waals surface area contributed by atoms with Crippen LogP contribution in [0.3, 0.4) is 0 Å². The molecule has 1 amide bonds. The number of nitrogens with zero attached hydrogens (tertiary/aromatic N) is 2. The van der Waals surface area contributed by atoms with Crippen LogP contribution in [0.4, 0.5) is 0 Å². The summed E-state index contributed by atoms with van der Waals surface area (Å²) in [5.41, 5.74) is 1.19. The highest BCUT2D eigenvalue weighted by Crippen LogP contribution is 2.39. The van der Waals surface area contributed by atoms with Crippen molar-refractivity contribution in [2.24, 2.45) is 0 Å². The zero-order chi connectivity index (χ0) is 19.4. The largest absolute Gasteiger partial charge is 0.507 e. The number of aliphatic hydroxyl groups is 1. The van der Waals surface area contributed by atoms with Crippen LogP contribution in [0.2, 0.25) is 5.02 Å². The Morgan fingerprint density at radius 3 is 2.48 bits per heavy atom. The smallest absolute Gasteiger partial charge is 0.295 e. The van der Waals surface area contributed by atoms with Crippen molar-refractivity contribution in [1.29, 1.82) is 0 Å². The van der Waals surface area contributed by atoms with Gasteiger partial charge in [-0.2, -0.15) is 0 Å². The van der Waals surface area contributed by atoms with Gasteiger partial charge in [0.1, 0.15) is 5.76 Å². The minimum absolute atomic E-state index is 0.0611. The summed E-state index contributed by atoms with van der Waals surface area (Å²) in [7, 11) is 1.58. The summed E-state index contributed by atoms with van der Waals surface area (Å²) in [6.07, 6.45) is 3.60. The first-order valence-corrected chi connectivity index (χ1v) is 8.85. The first-order chi connectivity index (χ1) is 13.0. The molecule has 1 aliphatic heterocycles. The molecule has 6 nitrogen and oxygen atoms in total. The van der Waals surface area contributed by atoms with Crippen molar-refractivity contribution in [2.45, 2.75) is 12.5 Å². The Morgan fingerprint density at radius 1 is 1.19 bits per heavy atom. The number of methoxy groups -OCH3 is 1. The van der Waals surface area contributed by atoms with E-state index in [-0.39, 0.29) is 11.3 Å². The molecule has 0 bridgehead atoms. The number of amides is 1. The molecule has 7 heteroatoms. The molecule has 1 N–H and O–H groups in total. The van der Waals surface area contributed by atoms with Gasteiger partial charge in [0, 0.05) is 43.2 Å². The second kappa shape index (κ2) is 8.33. The summed E-state index contributed by atoms with van der Waals surface area (Å²) in [4.78, 5) is 30.8. The molecule has 0 aliphatic carbocycles. The monoisotopic (exact) mass is 386 g/mol. The van der Waals surface area contributed by atoms with E-state index in [1.807, 2.05) is 0 Å². The minimum atomic E-state index is -0.707. The average Bonchev–Trinajstić information content (AvgIpc) is 2.94. The molecule has 1 aliphatic rings. The maximum absolute atomic E-state index is 12.7. The predicted octanol–water partition coefficient (Wildman–Crippen LogP) is 3.19. The van der Waals surface area contributed by atoms with Crippen LogP contribution in [0.15, 0.2) is 54.4 Å². The molecule has 0 radical (unpaired) electrons. The van der Waals surface area contributed by atoms with Crippen molar-refractivity contribution in [3.05, 3.63) is 70.5 Å². The second-order valence-corrected chi connectivity index (χ2v) is 6.56. The van der Waals surface area contributed by atoms with Crippen LogP contribution in [0.25, 0.3) is 5.76 Å². The van der Waals surface area contributed by atoms with Crippen molar-refractivity contribution >= 4 is 29.1 Å². The Labute approximate surface area is 162 Å². The first kappa shape index (κ1) is 19.1. The standard InChI is InChI=1S/C20H19ClN2O4/c1-27-12-2-11-23-17(13-3-5-15(21)6-4-13)16(19(25)20(23)26)18(24)14-7-9-22-10-8-14/h3-10,17,24H,2,11-12H2,1H3/b18-16+. The Balaban J connectivity index is 2.10. The third kappa shape index (κ3) is 3.86. The van der Waals surface area contributed by atoms with E-state index in [0.717, 1.165) is 0 Å². The molecule has 3 rings (SSSR count). The zero-order valence-electron chi connectivity index (χ0n) is 14.8. The van der Waals surface area contributed by atoms with E-state index in [0.29, 0.717) is 35.7 Å². The number of hydrogen-bond donors (Lipinski definition) is 1. The second-order valence-electron chi connectivity index (χ2n) is 6.13. The van der Waals surface area contributed by atoms with Gasteiger partial charge >= 0.3 is 0 Å². The molecule has 0 spiro atoms. The van der Waals surface area contributed by atoms with Gasteiger partial charge in [-0.15, -0.1) is 0 Å². The Morgan fingerprint density at radius 2 is 1.85 bits per heavy atom. The lowest BCUT2D eigenvalue weighted by molar-refractivity contribution is -0.140. The fourth-order valence-electron chi connectivity index (χ4n) is 3.15. The van der Waals surface area contributed by atoms with Crippen LogP contribution in [0, 0.1) is 0 Å². The summed E-state index contributed by atoms with van der Waals surface area (Å²) in [6, 6.07) is 9.38. The number of ketones is 1. The van der Waals surface area contributed by atoms with E-state index in [1.165, 1.54) is 17.3 Å². The van der Waals surface area contributed by atoms with Gasteiger partial charge in [0.15, 0.2) is 0 Å². The van der Waals surface area contributed by atoms with Crippen molar-refractivity contribution in [1.82, 2.24) is 9.88 Å². The van der Waals surface area contributed by atoms with Crippen LogP contribution >= 0.6 is 11.6 Å². The summed E-state index contributed by atoms with van der Waals surface area (Å²) < 4.78 is 5.06. The highest BCUT2D eigenvalue weighted by molar-refractivity contribution is 6.46. The van der Waals surface area contributed by atoms with Crippen molar-refractivity contribution in [2.75, 3.05) is 20.3 Å². The molecule has 2 aromatic rings. The molecule has 1 aromatic heterocycles. The number of aromatic nitrogens is 1. The van der Waals surface area contributed by atoms with Crippen molar-refractivity contribution in [3.8, 4) is 0 Å². The van der Waals surface area contributed by atoms with Gasteiger partial charge in [-0.05, 0) is 36.2 Å². The van der Waals surface area contributed by atoms with Gasteiger partial charge in [-0.3, -0.25) is 14.6 Å². The highest BCUT2D eigenvalue weighted by Gasteiger charge is 2.45. The number of carbonyl (C=O) groups is 2. The predicted molar refractivity (Wildman–Crippen MR) is 101 cm³/mol. The number of carbonyl (C=O) groups excluding carboxylic acids is 2. The lowest BCUT2D eigenvalue weighted by atomic mass is 9.95. The van der Waals surface area contributed by atoms with Crippen LogP contribution < -0.4 is 0 Å². The van der Waals surface area contributed by atoms with Gasteiger partial charge in [0.2, 0.25) is 0 Å². The Hall–Kier alpha value is -2.70. The summed E-state index contributed by atoms with van der Waals surface area (Å²) >= 11 is 5.98. The molecule has 27 heavy (non-hydrogen) atoms. The topological polar surface area (TPSA) is 79.7 Å². The third-order valence-corrected chi connectivity index (χ3v) is 4.68. The van der Waals surface area contributed by atoms with Gasteiger partial charge < -0.3 is 14.7 Å². The molecular weight excluding hydrogens is 368 g/mol. The minimum Gasteiger partial charge on any atom is -0.507 e. The van der Waals surface area contributed by atoms with Crippen LogP contribution in [0.5, 0.6) is 0 Å². The first-order valence-electron chi connectivity index (χ1n) is 8.47. The molecular formula is C20H19ClN2O4. The lowest BCUT2D eigenvalue weighted by Gasteiger charge is -2.25. The van der Waals surface area contributed by atoms with E-state index in [2.05, 4.69) is 4.98 Å². The van der Waals surface area contributed by atoms with Crippen LogP contribution in [-0.2, 0) is 14.3 Å². The molecule has 2 heterocycles. The van der Waals surface area contributed by atoms with E-state index in [1.54, 1.807) is 43.5 Å². The van der Waals surface area contributed by atoms with Crippen molar-refractivity contribution in [3.63, 3.8) is 0 Å².